The Morgan fingerprint density at radius 1 is 1.05 bits per heavy atom. The Morgan fingerprint density at radius 2 is 1.76 bits per heavy atom. The van der Waals surface area contributed by atoms with Crippen LogP contribution in [0.25, 0.3) is 10.9 Å². The molecular weight excluding hydrogens is 309 g/mol. The minimum atomic E-state index is -0.150. The standard InChI is InChI=1S/C16H11Cl2NO2/c1-21-15-5-3-9(17)6-12(15)16(20)13-8-19-14-7-10(18)2-4-11(13)14/h2-8,19H,1H3. The molecule has 5 heteroatoms. The predicted molar refractivity (Wildman–Crippen MR) is 84.7 cm³/mol. The minimum Gasteiger partial charge on any atom is -0.496 e. The summed E-state index contributed by atoms with van der Waals surface area (Å²) in [6.07, 6.45) is 1.67. The van der Waals surface area contributed by atoms with E-state index in [1.165, 1.54) is 7.11 Å². The molecule has 1 heterocycles. The van der Waals surface area contributed by atoms with Crippen molar-refractivity contribution in [3.05, 3.63) is 63.8 Å². The van der Waals surface area contributed by atoms with E-state index >= 15 is 0 Å². The molecule has 0 saturated heterocycles. The molecule has 0 fully saturated rings. The molecule has 1 N–H and O–H groups in total. The van der Waals surface area contributed by atoms with E-state index in [1.807, 2.05) is 6.07 Å². The van der Waals surface area contributed by atoms with Crippen LogP contribution in [0.4, 0.5) is 0 Å². The topological polar surface area (TPSA) is 42.1 Å². The summed E-state index contributed by atoms with van der Waals surface area (Å²) in [6, 6.07) is 10.3. The first-order valence-corrected chi connectivity index (χ1v) is 7.00. The van der Waals surface area contributed by atoms with Gasteiger partial charge in [-0.15, -0.1) is 0 Å². The Kier molecular flexibility index (Phi) is 3.62. The number of methoxy groups -OCH3 is 1. The van der Waals surface area contributed by atoms with Gasteiger partial charge in [0.15, 0.2) is 5.78 Å². The maximum Gasteiger partial charge on any atom is 0.198 e. The molecule has 0 atom stereocenters. The zero-order valence-electron chi connectivity index (χ0n) is 11.1. The largest absolute Gasteiger partial charge is 0.496 e. The molecule has 3 nitrogen and oxygen atoms in total. The van der Waals surface area contributed by atoms with E-state index in [1.54, 1.807) is 36.5 Å². The van der Waals surface area contributed by atoms with Gasteiger partial charge in [-0.1, -0.05) is 29.3 Å². The van der Waals surface area contributed by atoms with E-state index in [-0.39, 0.29) is 5.78 Å². The van der Waals surface area contributed by atoms with Crippen LogP contribution >= 0.6 is 23.2 Å². The maximum absolute atomic E-state index is 12.7. The Balaban J connectivity index is 2.15. The number of aromatic nitrogens is 1. The van der Waals surface area contributed by atoms with Crippen LogP contribution in [0.2, 0.25) is 10.0 Å². The van der Waals surface area contributed by atoms with Crippen LogP contribution in [0.15, 0.2) is 42.6 Å². The van der Waals surface area contributed by atoms with Gasteiger partial charge in [-0.3, -0.25) is 4.79 Å². The molecule has 0 aliphatic heterocycles. The molecule has 21 heavy (non-hydrogen) atoms. The predicted octanol–water partition coefficient (Wildman–Crippen LogP) is 4.71. The van der Waals surface area contributed by atoms with E-state index < -0.39 is 0 Å². The Morgan fingerprint density at radius 3 is 2.52 bits per heavy atom. The molecule has 0 saturated carbocycles. The lowest BCUT2D eigenvalue weighted by Gasteiger charge is -2.07. The normalized spacial score (nSPS) is 10.8. The van der Waals surface area contributed by atoms with Gasteiger partial charge in [0.05, 0.1) is 12.7 Å². The Bertz CT molecular complexity index is 839. The van der Waals surface area contributed by atoms with Crippen LogP contribution in [-0.4, -0.2) is 17.9 Å². The first-order valence-electron chi connectivity index (χ1n) is 6.25. The molecule has 0 bridgehead atoms. The number of hydrogen-bond acceptors (Lipinski definition) is 2. The summed E-state index contributed by atoms with van der Waals surface area (Å²) < 4.78 is 5.24. The second-order valence-corrected chi connectivity index (χ2v) is 5.44. The van der Waals surface area contributed by atoms with Crippen molar-refractivity contribution in [1.29, 1.82) is 0 Å². The van der Waals surface area contributed by atoms with Crippen LogP contribution in [0, 0.1) is 0 Å². The molecule has 0 spiro atoms. The fourth-order valence-electron chi connectivity index (χ4n) is 2.29. The number of hydrogen-bond donors (Lipinski definition) is 1. The summed E-state index contributed by atoms with van der Waals surface area (Å²) in [5, 5.41) is 1.91. The first-order chi connectivity index (χ1) is 10.1. The third-order valence-corrected chi connectivity index (χ3v) is 3.76. The number of carbonyl (C=O) groups is 1. The van der Waals surface area contributed by atoms with Gasteiger partial charge in [-0.05, 0) is 30.3 Å². The molecule has 3 rings (SSSR count). The number of halogens is 2. The average Bonchev–Trinajstić information content (AvgIpc) is 2.89. The number of nitrogens with one attached hydrogen (secondary N) is 1. The number of ether oxygens (including phenoxy) is 1. The second-order valence-electron chi connectivity index (χ2n) is 4.57. The van der Waals surface area contributed by atoms with Crippen molar-refractivity contribution in [3.8, 4) is 5.75 Å². The first kappa shape index (κ1) is 14.0. The highest BCUT2D eigenvalue weighted by atomic mass is 35.5. The van der Waals surface area contributed by atoms with Crippen LogP contribution in [0.3, 0.4) is 0 Å². The zero-order chi connectivity index (χ0) is 15.0. The molecule has 106 valence electrons. The summed E-state index contributed by atoms with van der Waals surface area (Å²) in [4.78, 5) is 15.8. The summed E-state index contributed by atoms with van der Waals surface area (Å²) >= 11 is 11.9. The van der Waals surface area contributed by atoms with E-state index in [2.05, 4.69) is 4.98 Å². The van der Waals surface area contributed by atoms with Gasteiger partial charge in [-0.2, -0.15) is 0 Å². The van der Waals surface area contributed by atoms with Crippen molar-refractivity contribution >= 4 is 39.9 Å². The minimum absolute atomic E-state index is 0.150. The lowest BCUT2D eigenvalue weighted by atomic mass is 10.0. The van der Waals surface area contributed by atoms with E-state index in [0.717, 1.165) is 10.9 Å². The third-order valence-electron chi connectivity index (χ3n) is 3.29. The smallest absolute Gasteiger partial charge is 0.198 e. The Hall–Kier alpha value is -1.97. The molecule has 3 aromatic rings. The van der Waals surface area contributed by atoms with Gasteiger partial charge >= 0.3 is 0 Å². The molecule has 0 unspecified atom stereocenters. The number of rotatable bonds is 3. The highest BCUT2D eigenvalue weighted by Gasteiger charge is 2.18. The van der Waals surface area contributed by atoms with E-state index in [0.29, 0.717) is 26.9 Å². The van der Waals surface area contributed by atoms with Crippen molar-refractivity contribution in [2.45, 2.75) is 0 Å². The summed E-state index contributed by atoms with van der Waals surface area (Å²) in [5.74, 6) is 0.343. The van der Waals surface area contributed by atoms with E-state index in [4.69, 9.17) is 27.9 Å². The quantitative estimate of drug-likeness (QED) is 0.710. The lowest BCUT2D eigenvalue weighted by Crippen LogP contribution is -2.03. The highest BCUT2D eigenvalue weighted by molar-refractivity contribution is 6.32. The molecule has 2 aromatic carbocycles. The fourth-order valence-corrected chi connectivity index (χ4v) is 2.63. The number of ketones is 1. The third kappa shape index (κ3) is 2.50. The molecule has 0 amide bonds. The Labute approximate surface area is 131 Å². The van der Waals surface area contributed by atoms with Gasteiger partial charge in [-0.25, -0.2) is 0 Å². The number of benzene rings is 2. The number of carbonyl (C=O) groups excluding carboxylic acids is 1. The van der Waals surface area contributed by atoms with Crippen LogP contribution in [-0.2, 0) is 0 Å². The number of fused-ring (bicyclic) bond motifs is 1. The van der Waals surface area contributed by atoms with E-state index in [9.17, 15) is 4.79 Å². The van der Waals surface area contributed by atoms with Crippen molar-refractivity contribution in [1.82, 2.24) is 4.98 Å². The molecule has 0 aliphatic carbocycles. The van der Waals surface area contributed by atoms with Crippen LogP contribution < -0.4 is 4.74 Å². The van der Waals surface area contributed by atoms with Crippen molar-refractivity contribution in [2.24, 2.45) is 0 Å². The summed E-state index contributed by atoms with van der Waals surface area (Å²) in [6.45, 7) is 0. The monoisotopic (exact) mass is 319 g/mol. The highest BCUT2D eigenvalue weighted by Crippen LogP contribution is 2.29. The van der Waals surface area contributed by atoms with Gasteiger partial charge in [0, 0.05) is 32.7 Å². The van der Waals surface area contributed by atoms with Crippen LogP contribution in [0.5, 0.6) is 5.75 Å². The molecular formula is C16H11Cl2NO2. The van der Waals surface area contributed by atoms with Crippen LogP contribution in [0.1, 0.15) is 15.9 Å². The SMILES string of the molecule is COc1ccc(Cl)cc1C(=O)c1c[nH]c2cc(Cl)ccc12. The average molecular weight is 320 g/mol. The molecule has 0 aliphatic rings. The lowest BCUT2D eigenvalue weighted by molar-refractivity contribution is 0.103. The maximum atomic E-state index is 12.7. The van der Waals surface area contributed by atoms with Gasteiger partial charge < -0.3 is 9.72 Å². The summed E-state index contributed by atoms with van der Waals surface area (Å²) in [7, 11) is 1.52. The molecule has 1 aromatic heterocycles. The summed E-state index contributed by atoms with van der Waals surface area (Å²) in [5.41, 5.74) is 1.80. The number of aromatic amines is 1. The fraction of sp³-hybridized carbons (Fsp3) is 0.0625. The van der Waals surface area contributed by atoms with Crippen molar-refractivity contribution < 1.29 is 9.53 Å². The van der Waals surface area contributed by atoms with Gasteiger partial charge in [0.1, 0.15) is 5.75 Å². The van der Waals surface area contributed by atoms with Crippen molar-refractivity contribution in [3.63, 3.8) is 0 Å². The second kappa shape index (κ2) is 5.43. The zero-order valence-corrected chi connectivity index (χ0v) is 12.6. The molecule has 0 radical (unpaired) electrons. The van der Waals surface area contributed by atoms with Gasteiger partial charge in [0.2, 0.25) is 0 Å². The number of H-pyrrole nitrogens is 1. The van der Waals surface area contributed by atoms with Crippen molar-refractivity contribution in [2.75, 3.05) is 7.11 Å². The van der Waals surface area contributed by atoms with Gasteiger partial charge in [0.25, 0.3) is 0 Å².